The van der Waals surface area contributed by atoms with Gasteiger partial charge in [-0.2, -0.15) is 0 Å². The summed E-state index contributed by atoms with van der Waals surface area (Å²) in [6, 6.07) is 0. The van der Waals surface area contributed by atoms with E-state index >= 15 is 0 Å². The number of hydrogen-bond donors (Lipinski definition) is 2. The Kier molecular flexibility index (Phi) is 1.25. The molecule has 1 aliphatic heterocycles. The van der Waals surface area contributed by atoms with Crippen LogP contribution < -0.4 is 10.6 Å². The largest absolute Gasteiger partial charge is 0.613 e. The molecule has 2 N–H and O–H groups in total. The number of hydrogen-bond acceptors (Lipinski definition) is 3. The molecule has 0 aliphatic carbocycles. The monoisotopic (exact) mass is 104 g/mol. The minimum Gasteiger partial charge on any atom is -0.613 e. The SMILES string of the molecule is C[NH+]([O-])NC1CO1. The fourth-order valence-corrected chi connectivity index (χ4v) is 0.358. The van der Waals surface area contributed by atoms with E-state index in [4.69, 9.17) is 0 Å². The zero-order valence-electron chi connectivity index (χ0n) is 4.10. The second kappa shape index (κ2) is 1.75. The summed E-state index contributed by atoms with van der Waals surface area (Å²) in [7, 11) is 1.47. The standard InChI is InChI=1S/C3H8N2O2/c1-5(6)4-3-2-7-3/h3-5H,2H2,1H3. The van der Waals surface area contributed by atoms with Crippen LogP contribution in [0, 0.1) is 5.21 Å². The van der Waals surface area contributed by atoms with Crippen molar-refractivity contribution in [3.8, 4) is 0 Å². The molecule has 4 nitrogen and oxygen atoms in total. The molecular weight excluding hydrogens is 96.0 g/mol. The third-order valence-electron chi connectivity index (χ3n) is 0.698. The predicted molar refractivity (Wildman–Crippen MR) is 23.1 cm³/mol. The Morgan fingerprint density at radius 1 is 2.00 bits per heavy atom. The average Bonchev–Trinajstić information content (AvgIpc) is 2.17. The van der Waals surface area contributed by atoms with Crippen molar-refractivity contribution < 1.29 is 9.91 Å². The summed E-state index contributed by atoms with van der Waals surface area (Å²) < 4.78 is 4.69. The smallest absolute Gasteiger partial charge is 0.176 e. The van der Waals surface area contributed by atoms with Crippen molar-refractivity contribution in [2.24, 2.45) is 0 Å². The van der Waals surface area contributed by atoms with Gasteiger partial charge in [0.05, 0.1) is 13.7 Å². The van der Waals surface area contributed by atoms with E-state index in [0.717, 1.165) is 0 Å². The molecule has 1 aliphatic rings. The van der Waals surface area contributed by atoms with Gasteiger partial charge < -0.3 is 9.94 Å². The first-order valence-electron chi connectivity index (χ1n) is 2.18. The number of quaternary nitrogens is 1. The Hall–Kier alpha value is -0.160. The van der Waals surface area contributed by atoms with Crippen LogP contribution in [0.15, 0.2) is 0 Å². The Morgan fingerprint density at radius 3 is 2.71 bits per heavy atom. The fourth-order valence-electron chi connectivity index (χ4n) is 0.358. The minimum absolute atomic E-state index is 0.0255. The first kappa shape index (κ1) is 4.99. The number of ether oxygens (including phenoxy) is 1. The molecule has 2 unspecified atom stereocenters. The number of hydroxylamine groups is 1. The lowest BCUT2D eigenvalue weighted by Gasteiger charge is -2.13. The molecule has 0 aromatic heterocycles. The molecular formula is C3H8N2O2. The molecule has 0 aromatic carbocycles. The van der Waals surface area contributed by atoms with Crippen LogP contribution in [0.3, 0.4) is 0 Å². The Balaban J connectivity index is 1.97. The molecule has 0 radical (unpaired) electrons. The van der Waals surface area contributed by atoms with Gasteiger partial charge in [0.2, 0.25) is 0 Å². The first-order valence-corrected chi connectivity index (χ1v) is 2.18. The third kappa shape index (κ3) is 1.84. The summed E-state index contributed by atoms with van der Waals surface area (Å²) >= 11 is 0. The molecule has 1 heterocycles. The molecule has 1 rings (SSSR count). The fraction of sp³-hybridized carbons (Fsp3) is 1.00. The number of epoxide rings is 1. The van der Waals surface area contributed by atoms with Gasteiger partial charge in [-0.25, -0.2) is 0 Å². The zero-order valence-corrected chi connectivity index (χ0v) is 4.10. The van der Waals surface area contributed by atoms with E-state index in [9.17, 15) is 5.21 Å². The molecule has 2 atom stereocenters. The lowest BCUT2D eigenvalue weighted by atomic mass is 10.8. The predicted octanol–water partition coefficient (Wildman–Crippen LogP) is -2.14. The highest BCUT2D eigenvalue weighted by molar-refractivity contribution is 4.58. The van der Waals surface area contributed by atoms with Crippen LogP contribution in [0.25, 0.3) is 0 Å². The van der Waals surface area contributed by atoms with Gasteiger partial charge in [0.15, 0.2) is 6.23 Å². The molecule has 42 valence electrons. The summed E-state index contributed by atoms with van der Waals surface area (Å²) in [6.45, 7) is 0.680. The van der Waals surface area contributed by atoms with Gasteiger partial charge in [0.1, 0.15) is 0 Å². The van der Waals surface area contributed by atoms with E-state index in [1.807, 2.05) is 0 Å². The molecule has 0 aromatic rings. The highest BCUT2D eigenvalue weighted by Gasteiger charge is 2.23. The van der Waals surface area contributed by atoms with E-state index < -0.39 is 0 Å². The lowest BCUT2D eigenvalue weighted by molar-refractivity contribution is -0.878. The van der Waals surface area contributed by atoms with Gasteiger partial charge in [-0.1, -0.05) is 0 Å². The summed E-state index contributed by atoms with van der Waals surface area (Å²) in [5.41, 5.74) is 2.56. The van der Waals surface area contributed by atoms with Gasteiger partial charge in [-0.3, -0.25) is 5.17 Å². The second-order valence-corrected chi connectivity index (χ2v) is 1.52. The molecule has 1 fully saturated rings. The van der Waals surface area contributed by atoms with Crippen molar-refractivity contribution in [1.29, 1.82) is 0 Å². The Morgan fingerprint density at radius 2 is 2.57 bits per heavy atom. The number of nitrogens with one attached hydrogen (secondary N) is 2. The highest BCUT2D eigenvalue weighted by atomic mass is 16.6. The van der Waals surface area contributed by atoms with Crippen molar-refractivity contribution in [3.63, 3.8) is 0 Å². The van der Waals surface area contributed by atoms with Crippen LogP contribution in [-0.2, 0) is 4.74 Å². The highest BCUT2D eigenvalue weighted by Crippen LogP contribution is 1.99. The van der Waals surface area contributed by atoms with E-state index in [0.29, 0.717) is 6.61 Å². The third-order valence-corrected chi connectivity index (χ3v) is 0.698. The first-order chi connectivity index (χ1) is 3.29. The van der Waals surface area contributed by atoms with Crippen molar-refractivity contribution in [2.75, 3.05) is 13.7 Å². The van der Waals surface area contributed by atoms with Crippen molar-refractivity contribution in [1.82, 2.24) is 5.43 Å². The molecule has 0 bridgehead atoms. The van der Waals surface area contributed by atoms with Gasteiger partial charge in [-0.05, 0) is 0 Å². The average molecular weight is 104 g/mol. The van der Waals surface area contributed by atoms with Gasteiger partial charge >= 0.3 is 0 Å². The van der Waals surface area contributed by atoms with Crippen LogP contribution in [0.2, 0.25) is 0 Å². The maximum absolute atomic E-state index is 10.1. The van der Waals surface area contributed by atoms with Crippen LogP contribution in [0.5, 0.6) is 0 Å². The normalized spacial score (nSPS) is 32.6. The van der Waals surface area contributed by atoms with E-state index in [-0.39, 0.29) is 11.4 Å². The molecule has 0 spiro atoms. The minimum atomic E-state index is -0.0255. The summed E-state index contributed by atoms with van der Waals surface area (Å²) in [5, 5.41) is 10.1. The van der Waals surface area contributed by atoms with Crippen molar-refractivity contribution in [3.05, 3.63) is 5.21 Å². The molecule has 1 saturated heterocycles. The second-order valence-electron chi connectivity index (χ2n) is 1.52. The van der Waals surface area contributed by atoms with Crippen LogP contribution in [0.1, 0.15) is 0 Å². The van der Waals surface area contributed by atoms with Crippen molar-refractivity contribution >= 4 is 0 Å². The van der Waals surface area contributed by atoms with E-state index in [2.05, 4.69) is 10.2 Å². The van der Waals surface area contributed by atoms with Crippen LogP contribution in [-0.4, -0.2) is 19.9 Å². The molecule has 4 heteroatoms. The Bertz CT molecular complexity index is 62.0. The summed E-state index contributed by atoms with van der Waals surface area (Å²) in [6.07, 6.45) is 0.0255. The number of rotatable bonds is 2. The van der Waals surface area contributed by atoms with E-state index in [1.54, 1.807) is 0 Å². The van der Waals surface area contributed by atoms with Gasteiger partial charge in [0, 0.05) is 0 Å². The molecule has 7 heavy (non-hydrogen) atoms. The Labute approximate surface area is 41.6 Å². The molecule has 0 saturated carbocycles. The van der Waals surface area contributed by atoms with Crippen molar-refractivity contribution in [2.45, 2.75) is 6.23 Å². The van der Waals surface area contributed by atoms with Gasteiger partial charge in [-0.15, -0.1) is 5.43 Å². The summed E-state index contributed by atoms with van der Waals surface area (Å²) in [4.78, 5) is 0. The zero-order chi connectivity index (χ0) is 5.28. The maximum atomic E-state index is 10.1. The maximum Gasteiger partial charge on any atom is 0.176 e. The lowest BCUT2D eigenvalue weighted by Crippen LogP contribution is -3.11. The summed E-state index contributed by atoms with van der Waals surface area (Å²) in [5.74, 6) is 0. The van der Waals surface area contributed by atoms with E-state index in [1.165, 1.54) is 7.05 Å². The quantitative estimate of drug-likeness (QED) is 0.310. The topological polar surface area (TPSA) is 52.1 Å². The van der Waals surface area contributed by atoms with Gasteiger partial charge in [0.25, 0.3) is 0 Å². The van der Waals surface area contributed by atoms with Crippen LogP contribution >= 0.6 is 0 Å². The molecule has 0 amide bonds. The van der Waals surface area contributed by atoms with Crippen LogP contribution in [0.4, 0.5) is 0 Å².